The molecule has 1 aliphatic carbocycles. The maximum absolute atomic E-state index is 12.4. The first-order valence-electron chi connectivity index (χ1n) is 8.16. The van der Waals surface area contributed by atoms with Crippen LogP contribution in [-0.4, -0.2) is 24.8 Å². The summed E-state index contributed by atoms with van der Waals surface area (Å²) in [5, 5.41) is 3.03. The maximum Gasteiger partial charge on any atom is 0.341 e. The number of hydrogen-bond donors (Lipinski definition) is 1. The van der Waals surface area contributed by atoms with Gasteiger partial charge in [0.1, 0.15) is 5.00 Å². The number of esters is 1. The zero-order chi connectivity index (χ0) is 18.0. The number of carbonyl (C=O) groups is 3. The van der Waals surface area contributed by atoms with E-state index in [0.717, 1.165) is 41.7 Å². The molecule has 0 radical (unpaired) electrons. The second kappa shape index (κ2) is 7.19. The summed E-state index contributed by atoms with van der Waals surface area (Å²) in [6, 6.07) is 6.81. The number of rotatable bonds is 4. The van der Waals surface area contributed by atoms with E-state index in [1.807, 2.05) is 6.92 Å². The van der Waals surface area contributed by atoms with Crippen LogP contribution in [0, 0.1) is 6.92 Å². The molecule has 0 atom stereocenters. The number of benzene rings is 1. The molecule has 1 aliphatic rings. The molecular formula is C19H19NO4S. The van der Waals surface area contributed by atoms with Gasteiger partial charge >= 0.3 is 5.97 Å². The molecule has 0 spiro atoms. The summed E-state index contributed by atoms with van der Waals surface area (Å²) in [6.45, 7) is 1.91. The van der Waals surface area contributed by atoms with Crippen LogP contribution in [0.15, 0.2) is 24.3 Å². The summed E-state index contributed by atoms with van der Waals surface area (Å²) in [4.78, 5) is 38.0. The number of thiophene rings is 1. The molecular weight excluding hydrogens is 338 g/mol. The van der Waals surface area contributed by atoms with Crippen LogP contribution in [0.4, 0.5) is 5.00 Å². The average Bonchev–Trinajstić information content (AvgIpc) is 2.98. The SMILES string of the molecule is COC(=O)c1c(NC(=O)C(=O)c2ccc(C)cc2)sc2c1CCCC2. The fourth-order valence-corrected chi connectivity index (χ4v) is 4.24. The van der Waals surface area contributed by atoms with Gasteiger partial charge in [-0.3, -0.25) is 9.59 Å². The van der Waals surface area contributed by atoms with Crippen LogP contribution in [0.5, 0.6) is 0 Å². The predicted octanol–water partition coefficient (Wildman–Crippen LogP) is 3.54. The van der Waals surface area contributed by atoms with Gasteiger partial charge in [0.15, 0.2) is 0 Å². The smallest absolute Gasteiger partial charge is 0.341 e. The van der Waals surface area contributed by atoms with Crippen LogP contribution in [0.2, 0.25) is 0 Å². The van der Waals surface area contributed by atoms with Gasteiger partial charge < -0.3 is 10.1 Å². The number of ether oxygens (including phenoxy) is 1. The lowest BCUT2D eigenvalue weighted by Crippen LogP contribution is -2.23. The topological polar surface area (TPSA) is 72.5 Å². The van der Waals surface area contributed by atoms with Crippen molar-refractivity contribution in [2.75, 3.05) is 12.4 Å². The fraction of sp³-hybridized carbons (Fsp3) is 0.316. The predicted molar refractivity (Wildman–Crippen MR) is 96.4 cm³/mol. The Morgan fingerprint density at radius 3 is 2.44 bits per heavy atom. The minimum absolute atomic E-state index is 0.323. The minimum Gasteiger partial charge on any atom is -0.465 e. The molecule has 2 aromatic rings. The molecule has 1 heterocycles. The van der Waals surface area contributed by atoms with Crippen LogP contribution >= 0.6 is 11.3 Å². The lowest BCUT2D eigenvalue weighted by Gasteiger charge is -2.11. The Labute approximate surface area is 150 Å². The Bertz CT molecular complexity index is 836. The highest BCUT2D eigenvalue weighted by Gasteiger charge is 2.28. The summed E-state index contributed by atoms with van der Waals surface area (Å²) in [5.41, 5.74) is 2.67. The minimum atomic E-state index is -0.743. The van der Waals surface area contributed by atoms with E-state index in [0.29, 0.717) is 16.1 Å². The van der Waals surface area contributed by atoms with Crippen molar-refractivity contribution in [1.29, 1.82) is 0 Å². The Morgan fingerprint density at radius 1 is 1.08 bits per heavy atom. The highest BCUT2D eigenvalue weighted by molar-refractivity contribution is 7.17. The third-order valence-electron chi connectivity index (χ3n) is 4.31. The molecule has 1 aromatic carbocycles. The lowest BCUT2D eigenvalue weighted by atomic mass is 9.95. The summed E-state index contributed by atoms with van der Waals surface area (Å²) in [5.74, 6) is -1.84. The Hall–Kier alpha value is -2.47. The number of fused-ring (bicyclic) bond motifs is 1. The highest BCUT2D eigenvalue weighted by atomic mass is 32.1. The molecule has 130 valence electrons. The molecule has 0 bridgehead atoms. The first kappa shape index (κ1) is 17.4. The zero-order valence-corrected chi connectivity index (χ0v) is 15.0. The van der Waals surface area contributed by atoms with Gasteiger partial charge in [0.25, 0.3) is 11.7 Å². The zero-order valence-electron chi connectivity index (χ0n) is 14.2. The molecule has 3 rings (SSSR count). The molecule has 1 amide bonds. The average molecular weight is 357 g/mol. The molecule has 0 saturated carbocycles. The molecule has 1 N–H and O–H groups in total. The van der Waals surface area contributed by atoms with Crippen molar-refractivity contribution in [2.24, 2.45) is 0 Å². The van der Waals surface area contributed by atoms with Gasteiger partial charge in [-0.25, -0.2) is 4.79 Å². The van der Waals surface area contributed by atoms with Crippen molar-refractivity contribution >= 4 is 34.0 Å². The molecule has 0 aliphatic heterocycles. The largest absolute Gasteiger partial charge is 0.465 e. The van der Waals surface area contributed by atoms with Gasteiger partial charge in [-0.05, 0) is 38.2 Å². The number of aryl methyl sites for hydroxylation is 2. The van der Waals surface area contributed by atoms with Crippen molar-refractivity contribution < 1.29 is 19.1 Å². The second-order valence-electron chi connectivity index (χ2n) is 6.06. The van der Waals surface area contributed by atoms with Crippen molar-refractivity contribution in [2.45, 2.75) is 32.6 Å². The number of methoxy groups -OCH3 is 1. The van der Waals surface area contributed by atoms with E-state index in [-0.39, 0.29) is 0 Å². The van der Waals surface area contributed by atoms with Gasteiger partial charge in [-0.1, -0.05) is 29.8 Å². The Morgan fingerprint density at radius 2 is 1.76 bits per heavy atom. The molecule has 25 heavy (non-hydrogen) atoms. The van der Waals surface area contributed by atoms with Crippen LogP contribution in [0.1, 0.15) is 49.6 Å². The third kappa shape index (κ3) is 3.49. The van der Waals surface area contributed by atoms with E-state index in [1.165, 1.54) is 18.4 Å². The van der Waals surface area contributed by atoms with Crippen molar-refractivity contribution in [3.05, 3.63) is 51.4 Å². The van der Waals surface area contributed by atoms with Crippen molar-refractivity contribution in [3.8, 4) is 0 Å². The van der Waals surface area contributed by atoms with Crippen molar-refractivity contribution in [3.63, 3.8) is 0 Å². The first-order chi connectivity index (χ1) is 12.0. The fourth-order valence-electron chi connectivity index (χ4n) is 2.97. The van der Waals surface area contributed by atoms with Gasteiger partial charge in [-0.15, -0.1) is 11.3 Å². The summed E-state index contributed by atoms with van der Waals surface area (Å²) in [6.07, 6.45) is 3.73. The van der Waals surface area contributed by atoms with E-state index in [4.69, 9.17) is 4.74 Å². The Balaban J connectivity index is 1.88. The molecule has 0 saturated heterocycles. The Kier molecular flexibility index (Phi) is 4.99. The third-order valence-corrected chi connectivity index (χ3v) is 5.52. The number of nitrogens with one attached hydrogen (secondary N) is 1. The molecule has 6 heteroatoms. The van der Waals surface area contributed by atoms with Crippen LogP contribution < -0.4 is 5.32 Å². The lowest BCUT2D eigenvalue weighted by molar-refractivity contribution is -0.112. The summed E-state index contributed by atoms with van der Waals surface area (Å²) in [7, 11) is 1.32. The number of hydrogen-bond acceptors (Lipinski definition) is 5. The maximum atomic E-state index is 12.4. The standard InChI is InChI=1S/C19H19NO4S/c1-11-7-9-12(10-8-11)16(21)17(22)20-18-15(19(23)24-2)13-5-3-4-6-14(13)25-18/h7-10H,3-6H2,1-2H3,(H,20,22). The van der Waals surface area contributed by atoms with E-state index in [2.05, 4.69) is 5.32 Å². The monoisotopic (exact) mass is 357 g/mol. The quantitative estimate of drug-likeness (QED) is 0.516. The number of ketones is 1. The summed E-state index contributed by atoms with van der Waals surface area (Å²) < 4.78 is 4.87. The van der Waals surface area contributed by atoms with Gasteiger partial charge in [0, 0.05) is 10.4 Å². The van der Waals surface area contributed by atoms with E-state index in [1.54, 1.807) is 24.3 Å². The van der Waals surface area contributed by atoms with Crippen LogP contribution in [0.25, 0.3) is 0 Å². The van der Waals surface area contributed by atoms with E-state index < -0.39 is 17.7 Å². The molecule has 5 nitrogen and oxygen atoms in total. The van der Waals surface area contributed by atoms with Gasteiger partial charge in [0.2, 0.25) is 0 Å². The van der Waals surface area contributed by atoms with Crippen LogP contribution in [0.3, 0.4) is 0 Å². The molecule has 0 fully saturated rings. The summed E-state index contributed by atoms with van der Waals surface area (Å²) >= 11 is 1.36. The number of anilines is 1. The van der Waals surface area contributed by atoms with E-state index >= 15 is 0 Å². The first-order valence-corrected chi connectivity index (χ1v) is 8.98. The molecule has 1 aromatic heterocycles. The van der Waals surface area contributed by atoms with Gasteiger partial charge in [0.05, 0.1) is 12.7 Å². The van der Waals surface area contributed by atoms with Crippen LogP contribution in [-0.2, 0) is 22.4 Å². The highest BCUT2D eigenvalue weighted by Crippen LogP contribution is 2.38. The van der Waals surface area contributed by atoms with E-state index in [9.17, 15) is 14.4 Å². The number of Topliss-reactive ketones (excluding diaryl/α,β-unsaturated/α-hetero) is 1. The molecule has 0 unspecified atom stereocenters. The normalized spacial score (nSPS) is 13.0. The van der Waals surface area contributed by atoms with Gasteiger partial charge in [-0.2, -0.15) is 0 Å². The number of amides is 1. The van der Waals surface area contributed by atoms with Crippen molar-refractivity contribution in [1.82, 2.24) is 0 Å². The second-order valence-corrected chi connectivity index (χ2v) is 7.16. The number of carbonyl (C=O) groups excluding carboxylic acids is 3.